The number of methoxy groups -OCH3 is 2. The van der Waals surface area contributed by atoms with Crippen LogP contribution in [0.3, 0.4) is 0 Å². The minimum absolute atomic E-state index is 0.0864. The Hall–Kier alpha value is -1.48. The van der Waals surface area contributed by atoms with E-state index in [0.717, 1.165) is 22.9 Å². The van der Waals surface area contributed by atoms with Crippen molar-refractivity contribution in [2.75, 3.05) is 27.1 Å². The highest BCUT2D eigenvalue weighted by Gasteiger charge is 2.52. The van der Waals surface area contributed by atoms with Gasteiger partial charge in [0.05, 0.1) is 32.3 Å². The Morgan fingerprint density at radius 2 is 1.84 bits per heavy atom. The van der Waals surface area contributed by atoms with Gasteiger partial charge in [0.1, 0.15) is 6.10 Å². The van der Waals surface area contributed by atoms with E-state index < -0.39 is 18.7 Å². The maximum Gasteiger partial charge on any atom is 0.229 e. The molecule has 0 aromatic heterocycles. The predicted molar refractivity (Wildman–Crippen MR) is 91.6 cm³/mol. The molecule has 1 N–H and O–H groups in total. The molecule has 3 rings (SSSR count). The van der Waals surface area contributed by atoms with Gasteiger partial charge < -0.3 is 28.8 Å². The molecule has 8 heteroatoms. The fourth-order valence-electron chi connectivity index (χ4n) is 3.10. The van der Waals surface area contributed by atoms with Crippen LogP contribution < -0.4 is 14.2 Å². The standard InChI is InChI=1S/C17H22O7S/c1-7-8(2)12(23-17-11(18)9-6-22-16(9)24-17)14(21-4)13(20-3)10(7)15(19)25-5/h9,11,16-18H,6H2,1-5H3. The molecule has 2 aliphatic rings. The largest absolute Gasteiger partial charge is 0.492 e. The molecule has 4 unspecified atom stereocenters. The Bertz CT molecular complexity index is 690. The smallest absolute Gasteiger partial charge is 0.229 e. The number of fused-ring (bicyclic) bond motifs is 1. The summed E-state index contributed by atoms with van der Waals surface area (Å²) in [4.78, 5) is 12.3. The van der Waals surface area contributed by atoms with E-state index in [2.05, 4.69) is 0 Å². The lowest BCUT2D eigenvalue weighted by Gasteiger charge is -2.29. The highest BCUT2D eigenvalue weighted by Crippen LogP contribution is 2.47. The van der Waals surface area contributed by atoms with E-state index in [1.807, 2.05) is 13.8 Å². The van der Waals surface area contributed by atoms with Crippen LogP contribution >= 0.6 is 11.8 Å². The predicted octanol–water partition coefficient (Wildman–Crippen LogP) is 1.89. The second-order valence-corrected chi connectivity index (χ2v) is 6.77. The van der Waals surface area contributed by atoms with E-state index in [1.54, 1.807) is 6.26 Å². The lowest BCUT2D eigenvalue weighted by Crippen LogP contribution is -2.41. The highest BCUT2D eigenvalue weighted by atomic mass is 32.2. The van der Waals surface area contributed by atoms with Gasteiger partial charge >= 0.3 is 0 Å². The van der Waals surface area contributed by atoms with Crippen molar-refractivity contribution in [1.29, 1.82) is 0 Å². The van der Waals surface area contributed by atoms with Crippen molar-refractivity contribution in [2.24, 2.45) is 5.92 Å². The van der Waals surface area contributed by atoms with Crippen molar-refractivity contribution in [2.45, 2.75) is 32.5 Å². The summed E-state index contributed by atoms with van der Waals surface area (Å²) in [6, 6.07) is 0. The molecule has 4 atom stereocenters. The maximum absolute atomic E-state index is 12.3. The van der Waals surface area contributed by atoms with Crippen LogP contribution in [0.15, 0.2) is 0 Å². The van der Waals surface area contributed by atoms with Crippen molar-refractivity contribution in [3.63, 3.8) is 0 Å². The van der Waals surface area contributed by atoms with Gasteiger partial charge in [0.15, 0.2) is 17.8 Å². The molecule has 0 spiro atoms. The molecule has 25 heavy (non-hydrogen) atoms. The van der Waals surface area contributed by atoms with Crippen LogP contribution in [0.2, 0.25) is 0 Å². The van der Waals surface area contributed by atoms with Gasteiger partial charge in [-0.05, 0) is 31.2 Å². The Morgan fingerprint density at radius 1 is 1.16 bits per heavy atom. The number of aliphatic hydroxyl groups is 1. The average molecular weight is 370 g/mol. The molecule has 2 aliphatic heterocycles. The zero-order valence-electron chi connectivity index (χ0n) is 14.8. The van der Waals surface area contributed by atoms with Gasteiger partial charge in [-0.25, -0.2) is 0 Å². The van der Waals surface area contributed by atoms with Crippen LogP contribution in [-0.4, -0.2) is 56.0 Å². The molecule has 0 saturated carbocycles. The van der Waals surface area contributed by atoms with Gasteiger partial charge in [0.25, 0.3) is 0 Å². The topological polar surface area (TPSA) is 83.5 Å². The fourth-order valence-corrected chi connectivity index (χ4v) is 3.55. The zero-order valence-corrected chi connectivity index (χ0v) is 15.6. The van der Waals surface area contributed by atoms with Crippen LogP contribution in [-0.2, 0) is 9.47 Å². The molecular weight excluding hydrogens is 348 g/mol. The van der Waals surface area contributed by atoms with Crippen LogP contribution in [0.25, 0.3) is 0 Å². The molecule has 2 saturated heterocycles. The fraction of sp³-hybridized carbons (Fsp3) is 0.588. The maximum atomic E-state index is 12.3. The average Bonchev–Trinajstić information content (AvgIpc) is 2.79. The molecule has 1 aromatic carbocycles. The number of carbonyl (C=O) groups excluding carboxylic acids is 1. The summed E-state index contributed by atoms with van der Waals surface area (Å²) in [5.74, 6) is 0.919. The first-order valence-electron chi connectivity index (χ1n) is 7.89. The quantitative estimate of drug-likeness (QED) is 0.841. The van der Waals surface area contributed by atoms with E-state index in [-0.39, 0.29) is 11.0 Å². The molecule has 0 amide bonds. The van der Waals surface area contributed by atoms with Crippen molar-refractivity contribution >= 4 is 16.9 Å². The lowest BCUT2D eigenvalue weighted by atomic mass is 10.00. The Kier molecular flexibility index (Phi) is 5.15. The summed E-state index contributed by atoms with van der Waals surface area (Å²) in [6.45, 7) is 4.11. The summed E-state index contributed by atoms with van der Waals surface area (Å²) in [7, 11) is 2.95. The number of carbonyl (C=O) groups is 1. The number of thioether (sulfide) groups is 1. The minimum atomic E-state index is -0.865. The second-order valence-electron chi connectivity index (χ2n) is 5.99. The number of ether oxygens (including phenoxy) is 5. The van der Waals surface area contributed by atoms with E-state index >= 15 is 0 Å². The van der Waals surface area contributed by atoms with Crippen LogP contribution in [0.1, 0.15) is 21.5 Å². The summed E-state index contributed by atoms with van der Waals surface area (Å²) in [5, 5.41) is 10.2. The first-order chi connectivity index (χ1) is 11.9. The molecule has 0 bridgehead atoms. The molecular formula is C17H22O7S. The Labute approximate surface area is 150 Å². The number of hydrogen-bond acceptors (Lipinski definition) is 8. The summed E-state index contributed by atoms with van der Waals surface area (Å²) in [5.41, 5.74) is 1.91. The molecule has 0 aliphatic carbocycles. The van der Waals surface area contributed by atoms with E-state index in [1.165, 1.54) is 14.2 Å². The molecule has 1 aromatic rings. The molecule has 2 fully saturated rings. The molecule has 0 radical (unpaired) electrons. The molecule has 7 nitrogen and oxygen atoms in total. The third-order valence-electron chi connectivity index (χ3n) is 4.74. The van der Waals surface area contributed by atoms with Gasteiger partial charge in [-0.15, -0.1) is 0 Å². The van der Waals surface area contributed by atoms with Crippen LogP contribution in [0.4, 0.5) is 0 Å². The van der Waals surface area contributed by atoms with Gasteiger partial charge in [0.2, 0.25) is 17.2 Å². The summed E-state index contributed by atoms with van der Waals surface area (Å²) >= 11 is 1.10. The van der Waals surface area contributed by atoms with Gasteiger partial charge in [-0.2, -0.15) is 0 Å². The van der Waals surface area contributed by atoms with E-state index in [4.69, 9.17) is 23.7 Å². The first kappa shape index (κ1) is 18.3. The number of rotatable bonds is 5. The third kappa shape index (κ3) is 2.87. The summed E-state index contributed by atoms with van der Waals surface area (Å²) < 4.78 is 27.7. The number of benzene rings is 1. The Morgan fingerprint density at radius 3 is 2.28 bits per heavy atom. The summed E-state index contributed by atoms with van der Waals surface area (Å²) in [6.07, 6.45) is -0.379. The molecule has 2 heterocycles. The van der Waals surface area contributed by atoms with Crippen molar-refractivity contribution in [1.82, 2.24) is 0 Å². The highest BCUT2D eigenvalue weighted by molar-refractivity contribution is 8.13. The van der Waals surface area contributed by atoms with Crippen molar-refractivity contribution in [3.05, 3.63) is 16.7 Å². The van der Waals surface area contributed by atoms with Gasteiger partial charge in [-0.1, -0.05) is 11.8 Å². The SMILES string of the molecule is COc1c(OC2OC3OCC3C2O)c(C)c(C)c(C(=O)SC)c1OC. The van der Waals surface area contributed by atoms with E-state index in [0.29, 0.717) is 29.4 Å². The number of hydrogen-bond donors (Lipinski definition) is 1. The third-order valence-corrected chi connectivity index (χ3v) is 5.31. The molecule has 138 valence electrons. The van der Waals surface area contributed by atoms with Crippen LogP contribution in [0, 0.1) is 19.8 Å². The normalized spacial score (nSPS) is 27.4. The first-order valence-corrected chi connectivity index (χ1v) is 9.12. The Balaban J connectivity index is 2.04. The zero-order chi connectivity index (χ0) is 18.3. The second kappa shape index (κ2) is 7.03. The monoisotopic (exact) mass is 370 g/mol. The van der Waals surface area contributed by atoms with Crippen molar-refractivity contribution in [3.8, 4) is 17.2 Å². The van der Waals surface area contributed by atoms with Gasteiger partial charge in [-0.3, -0.25) is 4.79 Å². The van der Waals surface area contributed by atoms with Crippen LogP contribution in [0.5, 0.6) is 17.2 Å². The number of aliphatic hydroxyl groups excluding tert-OH is 1. The van der Waals surface area contributed by atoms with Gasteiger partial charge in [0, 0.05) is 0 Å². The minimum Gasteiger partial charge on any atom is -0.492 e. The van der Waals surface area contributed by atoms with E-state index in [9.17, 15) is 9.90 Å². The lowest BCUT2D eigenvalue weighted by molar-refractivity contribution is -0.243. The van der Waals surface area contributed by atoms with Crippen molar-refractivity contribution < 1.29 is 33.6 Å².